The van der Waals surface area contributed by atoms with Gasteiger partial charge in [0.05, 0.1) is 11.2 Å². The van der Waals surface area contributed by atoms with Gasteiger partial charge in [-0.1, -0.05) is 31.2 Å². The van der Waals surface area contributed by atoms with Crippen LogP contribution in [-0.2, 0) is 19.5 Å². The fraction of sp³-hybridized carbons (Fsp3) is 0.353. The monoisotopic (exact) mass is 299 g/mol. The molecular formula is C17H21N3S. The molecule has 0 radical (unpaired) electrons. The Labute approximate surface area is 129 Å². The van der Waals surface area contributed by atoms with Gasteiger partial charge in [-0.2, -0.15) is 5.10 Å². The maximum Gasteiger partial charge on any atom is 0.0841 e. The highest BCUT2D eigenvalue weighted by Crippen LogP contribution is 2.19. The topological polar surface area (TPSA) is 29.9 Å². The van der Waals surface area contributed by atoms with Crippen molar-refractivity contribution in [1.29, 1.82) is 0 Å². The number of hydrogen-bond donors (Lipinski definition) is 1. The molecule has 0 fully saturated rings. The molecule has 2 aromatic heterocycles. The fourth-order valence-corrected chi connectivity index (χ4v) is 3.25. The van der Waals surface area contributed by atoms with E-state index in [1.807, 2.05) is 11.3 Å². The van der Waals surface area contributed by atoms with Crippen LogP contribution in [0.4, 0.5) is 0 Å². The van der Waals surface area contributed by atoms with Crippen LogP contribution < -0.4 is 5.32 Å². The highest BCUT2D eigenvalue weighted by Gasteiger charge is 2.09. The second kappa shape index (κ2) is 6.87. The standard InChI is InChI=1S/C17H21N3S/c1-2-10-18-13-16-15-7-3-4-8-17(15)20(19-16)11-9-14-6-5-12-21-14/h3-8,12,18H,2,9-11,13H2,1H3. The molecule has 21 heavy (non-hydrogen) atoms. The minimum Gasteiger partial charge on any atom is -0.311 e. The van der Waals surface area contributed by atoms with E-state index in [0.29, 0.717) is 0 Å². The number of fused-ring (bicyclic) bond motifs is 1. The first kappa shape index (κ1) is 14.3. The van der Waals surface area contributed by atoms with Gasteiger partial charge < -0.3 is 5.32 Å². The van der Waals surface area contributed by atoms with Gasteiger partial charge in [0.1, 0.15) is 0 Å². The van der Waals surface area contributed by atoms with Crippen LogP contribution in [0.2, 0.25) is 0 Å². The van der Waals surface area contributed by atoms with Crippen LogP contribution in [-0.4, -0.2) is 16.3 Å². The highest BCUT2D eigenvalue weighted by molar-refractivity contribution is 7.09. The number of rotatable bonds is 7. The number of nitrogens with zero attached hydrogens (tertiary/aromatic N) is 2. The number of nitrogens with one attached hydrogen (secondary N) is 1. The minimum absolute atomic E-state index is 0.848. The van der Waals surface area contributed by atoms with Crippen LogP contribution in [0.15, 0.2) is 41.8 Å². The first-order valence-electron chi connectivity index (χ1n) is 7.56. The SMILES string of the molecule is CCCNCc1nn(CCc2cccs2)c2ccccc12. The zero-order chi connectivity index (χ0) is 14.5. The lowest BCUT2D eigenvalue weighted by molar-refractivity contribution is 0.606. The third kappa shape index (κ3) is 3.34. The molecule has 0 aliphatic rings. The molecule has 0 spiro atoms. The molecule has 0 bridgehead atoms. The molecule has 0 saturated carbocycles. The summed E-state index contributed by atoms with van der Waals surface area (Å²) in [7, 11) is 0. The maximum atomic E-state index is 4.82. The lowest BCUT2D eigenvalue weighted by atomic mass is 10.2. The summed E-state index contributed by atoms with van der Waals surface area (Å²) in [6.07, 6.45) is 2.20. The third-order valence-electron chi connectivity index (χ3n) is 3.60. The van der Waals surface area contributed by atoms with E-state index >= 15 is 0 Å². The zero-order valence-electron chi connectivity index (χ0n) is 12.4. The van der Waals surface area contributed by atoms with Gasteiger partial charge >= 0.3 is 0 Å². The Morgan fingerprint density at radius 3 is 2.90 bits per heavy atom. The Kier molecular flexibility index (Phi) is 4.68. The third-order valence-corrected chi connectivity index (χ3v) is 4.54. The summed E-state index contributed by atoms with van der Waals surface area (Å²) in [4.78, 5) is 1.42. The second-order valence-electron chi connectivity index (χ2n) is 5.19. The normalized spacial score (nSPS) is 11.3. The summed E-state index contributed by atoms with van der Waals surface area (Å²) in [5.41, 5.74) is 2.40. The second-order valence-corrected chi connectivity index (χ2v) is 6.23. The molecule has 0 saturated heterocycles. The fourth-order valence-electron chi connectivity index (χ4n) is 2.55. The number of hydrogen-bond acceptors (Lipinski definition) is 3. The van der Waals surface area contributed by atoms with Crippen molar-refractivity contribution < 1.29 is 0 Å². The van der Waals surface area contributed by atoms with Crippen LogP contribution in [0.5, 0.6) is 0 Å². The summed E-state index contributed by atoms with van der Waals surface area (Å²) < 4.78 is 2.15. The molecular weight excluding hydrogens is 278 g/mol. The molecule has 3 aromatic rings. The number of aromatic nitrogens is 2. The molecule has 1 aromatic carbocycles. The van der Waals surface area contributed by atoms with E-state index in [2.05, 4.69) is 58.7 Å². The smallest absolute Gasteiger partial charge is 0.0841 e. The summed E-state index contributed by atoms with van der Waals surface area (Å²) in [6.45, 7) is 5.01. The van der Waals surface area contributed by atoms with Crippen LogP contribution in [0.25, 0.3) is 10.9 Å². The highest BCUT2D eigenvalue weighted by atomic mass is 32.1. The van der Waals surface area contributed by atoms with Crippen molar-refractivity contribution in [2.75, 3.05) is 6.54 Å². The number of aryl methyl sites for hydroxylation is 2. The van der Waals surface area contributed by atoms with E-state index in [0.717, 1.165) is 38.2 Å². The van der Waals surface area contributed by atoms with Crippen LogP contribution in [0.1, 0.15) is 23.9 Å². The number of para-hydroxylation sites is 1. The van der Waals surface area contributed by atoms with Gasteiger partial charge in [-0.3, -0.25) is 4.68 Å². The van der Waals surface area contributed by atoms with Gasteiger partial charge in [-0.05, 0) is 30.5 Å². The zero-order valence-corrected chi connectivity index (χ0v) is 13.2. The Morgan fingerprint density at radius 2 is 2.10 bits per heavy atom. The van der Waals surface area contributed by atoms with Crippen molar-refractivity contribution in [3.63, 3.8) is 0 Å². The van der Waals surface area contributed by atoms with Crippen molar-refractivity contribution in [1.82, 2.24) is 15.1 Å². The van der Waals surface area contributed by atoms with Crippen molar-refractivity contribution in [3.8, 4) is 0 Å². The van der Waals surface area contributed by atoms with E-state index in [4.69, 9.17) is 5.10 Å². The molecule has 0 aliphatic carbocycles. The maximum absolute atomic E-state index is 4.82. The van der Waals surface area contributed by atoms with Gasteiger partial charge in [-0.25, -0.2) is 0 Å². The van der Waals surface area contributed by atoms with E-state index in [1.54, 1.807) is 0 Å². The van der Waals surface area contributed by atoms with Crippen molar-refractivity contribution in [2.45, 2.75) is 32.9 Å². The predicted octanol–water partition coefficient (Wildman–Crippen LogP) is 3.84. The molecule has 4 heteroatoms. The van der Waals surface area contributed by atoms with Crippen LogP contribution >= 0.6 is 11.3 Å². The minimum atomic E-state index is 0.848. The van der Waals surface area contributed by atoms with Gasteiger partial charge in [0.2, 0.25) is 0 Å². The van der Waals surface area contributed by atoms with E-state index < -0.39 is 0 Å². The number of thiophene rings is 1. The van der Waals surface area contributed by atoms with Gasteiger partial charge in [0.25, 0.3) is 0 Å². The van der Waals surface area contributed by atoms with E-state index in [9.17, 15) is 0 Å². The molecule has 0 amide bonds. The molecule has 0 aliphatic heterocycles. The Bertz CT molecular complexity index is 685. The first-order valence-corrected chi connectivity index (χ1v) is 8.44. The summed E-state index contributed by atoms with van der Waals surface area (Å²) in [5, 5.41) is 11.7. The quantitative estimate of drug-likeness (QED) is 0.672. The Morgan fingerprint density at radius 1 is 1.19 bits per heavy atom. The average Bonchev–Trinajstić information content (AvgIpc) is 3.14. The van der Waals surface area contributed by atoms with Gasteiger partial charge in [0.15, 0.2) is 0 Å². The molecule has 0 unspecified atom stereocenters. The summed E-state index contributed by atoms with van der Waals surface area (Å²) >= 11 is 1.82. The lowest BCUT2D eigenvalue weighted by Crippen LogP contribution is -2.14. The van der Waals surface area contributed by atoms with Crippen molar-refractivity contribution in [2.24, 2.45) is 0 Å². The lowest BCUT2D eigenvalue weighted by Gasteiger charge is -2.02. The first-order chi connectivity index (χ1) is 10.4. The van der Waals surface area contributed by atoms with Gasteiger partial charge in [0, 0.05) is 29.8 Å². The van der Waals surface area contributed by atoms with Gasteiger partial charge in [-0.15, -0.1) is 11.3 Å². The molecule has 0 atom stereocenters. The predicted molar refractivity (Wildman–Crippen MR) is 89.8 cm³/mol. The van der Waals surface area contributed by atoms with Crippen LogP contribution in [0, 0.1) is 0 Å². The summed E-state index contributed by atoms with van der Waals surface area (Å²) in [5.74, 6) is 0. The van der Waals surface area contributed by atoms with E-state index in [1.165, 1.54) is 15.8 Å². The Hall–Kier alpha value is -1.65. The van der Waals surface area contributed by atoms with Crippen molar-refractivity contribution in [3.05, 3.63) is 52.3 Å². The summed E-state index contributed by atoms with van der Waals surface area (Å²) in [6, 6.07) is 12.8. The Balaban J connectivity index is 1.80. The molecule has 110 valence electrons. The average molecular weight is 299 g/mol. The van der Waals surface area contributed by atoms with Crippen molar-refractivity contribution >= 4 is 22.2 Å². The molecule has 3 nitrogen and oxygen atoms in total. The van der Waals surface area contributed by atoms with Crippen LogP contribution in [0.3, 0.4) is 0 Å². The molecule has 3 rings (SSSR count). The molecule has 1 N–H and O–H groups in total. The molecule has 2 heterocycles. The largest absolute Gasteiger partial charge is 0.311 e. The number of benzene rings is 1. The van der Waals surface area contributed by atoms with E-state index in [-0.39, 0.29) is 0 Å².